The lowest BCUT2D eigenvalue weighted by Crippen LogP contribution is -2.55. The molecule has 0 aromatic carbocycles. The summed E-state index contributed by atoms with van der Waals surface area (Å²) in [5.41, 5.74) is 1.25. The number of nitrogens with one attached hydrogen (secondary N) is 2. The maximum atomic E-state index is 3.86. The average Bonchev–Trinajstić information content (AvgIpc) is 2.60. The van der Waals surface area contributed by atoms with Crippen molar-refractivity contribution in [3.63, 3.8) is 0 Å². The van der Waals surface area contributed by atoms with Gasteiger partial charge in [0.15, 0.2) is 0 Å². The third kappa shape index (κ3) is 6.93. The molecule has 0 saturated heterocycles. The van der Waals surface area contributed by atoms with Gasteiger partial charge in [-0.25, -0.2) is 0 Å². The predicted molar refractivity (Wildman–Crippen MR) is 162 cm³/mol. The van der Waals surface area contributed by atoms with Crippen LogP contribution in [0.25, 0.3) is 0 Å². The minimum atomic E-state index is 0. The molecular weight excluding hydrogens is 457 g/mol. The molecular formula is C25H58N2S4. The zero-order valence-corrected chi connectivity index (χ0v) is 23.4. The van der Waals surface area contributed by atoms with Gasteiger partial charge in [0.2, 0.25) is 0 Å². The second-order valence-corrected chi connectivity index (χ2v) is 11.4. The monoisotopic (exact) mass is 514 g/mol. The molecule has 0 amide bonds. The van der Waals surface area contributed by atoms with Gasteiger partial charge < -0.3 is 10.6 Å². The maximum absolute atomic E-state index is 3.86. The molecule has 0 aromatic heterocycles. The van der Waals surface area contributed by atoms with E-state index in [1.807, 2.05) is 0 Å². The van der Waals surface area contributed by atoms with Gasteiger partial charge in [-0.2, -0.15) is 54.0 Å². The van der Waals surface area contributed by atoms with Crippen molar-refractivity contribution in [2.75, 3.05) is 19.6 Å². The summed E-state index contributed by atoms with van der Waals surface area (Å²) in [6, 6.07) is 0.603. The standard InChI is InChI=1S/C23H42N2.2CH4.4H2S/c1-15(25-14-17-7-9-19-11-21(17)23(19,4)5)12-24-13-16-6-8-18-10-20(16)22(18,2)3;;;;;;/h15-21,24-25H,6-14H2,1-5H3;2*1H4;4*1H2/t15?,16-,17?,18?,19-,20-,21?;;;;;;/m0....../s1. The molecule has 0 aromatic rings. The van der Waals surface area contributed by atoms with Crippen LogP contribution in [0.15, 0.2) is 0 Å². The van der Waals surface area contributed by atoms with Crippen molar-refractivity contribution < 1.29 is 0 Å². The van der Waals surface area contributed by atoms with Crippen molar-refractivity contribution in [3.05, 3.63) is 0 Å². The van der Waals surface area contributed by atoms with Crippen molar-refractivity contribution >= 4 is 54.0 Å². The lowest BCUT2D eigenvalue weighted by Gasteiger charge is -2.60. The fourth-order valence-corrected chi connectivity index (χ4v) is 7.32. The molecule has 0 radical (unpaired) electrons. The average molecular weight is 515 g/mol. The van der Waals surface area contributed by atoms with Gasteiger partial charge in [-0.05, 0) is 105 Å². The van der Waals surface area contributed by atoms with Crippen molar-refractivity contribution in [2.24, 2.45) is 46.3 Å². The first kappa shape index (κ1) is 36.9. The Balaban J connectivity index is -0.00000131. The summed E-state index contributed by atoms with van der Waals surface area (Å²) in [4.78, 5) is 0. The van der Waals surface area contributed by atoms with Gasteiger partial charge in [-0.3, -0.25) is 0 Å². The van der Waals surface area contributed by atoms with E-state index in [9.17, 15) is 0 Å². The largest absolute Gasteiger partial charge is 0.315 e. The Labute approximate surface area is 223 Å². The first-order chi connectivity index (χ1) is 11.8. The highest BCUT2D eigenvalue weighted by molar-refractivity contribution is 7.59. The summed E-state index contributed by atoms with van der Waals surface area (Å²) in [5.74, 6) is 5.87. The van der Waals surface area contributed by atoms with Crippen molar-refractivity contribution in [1.82, 2.24) is 10.6 Å². The Hall–Kier alpha value is 1.32. The van der Waals surface area contributed by atoms with E-state index in [0.717, 1.165) is 42.1 Å². The maximum Gasteiger partial charge on any atom is 0.0164 e. The van der Waals surface area contributed by atoms with Crippen molar-refractivity contribution in [3.8, 4) is 0 Å². The number of hydrogen-bond acceptors (Lipinski definition) is 2. The van der Waals surface area contributed by atoms with E-state index >= 15 is 0 Å². The molecule has 0 spiro atoms. The first-order valence-electron chi connectivity index (χ1n) is 11.2. The molecule has 2 N–H and O–H groups in total. The van der Waals surface area contributed by atoms with Crippen LogP contribution in [0.3, 0.4) is 0 Å². The quantitative estimate of drug-likeness (QED) is 0.409. The third-order valence-electron chi connectivity index (χ3n) is 9.59. The number of hydrogen-bond donors (Lipinski definition) is 2. The molecule has 6 saturated carbocycles. The lowest BCUT2D eigenvalue weighted by molar-refractivity contribution is -0.104. The molecule has 4 unspecified atom stereocenters. The number of rotatable bonds is 7. The van der Waals surface area contributed by atoms with E-state index in [-0.39, 0.29) is 68.8 Å². The molecule has 6 rings (SSSR count). The van der Waals surface area contributed by atoms with E-state index in [4.69, 9.17) is 0 Å². The minimum Gasteiger partial charge on any atom is -0.315 e. The molecule has 2 nitrogen and oxygen atoms in total. The second-order valence-electron chi connectivity index (χ2n) is 11.4. The highest BCUT2D eigenvalue weighted by atomic mass is 32.1. The molecule has 0 heterocycles. The van der Waals surface area contributed by atoms with Crippen LogP contribution < -0.4 is 10.6 Å². The molecule has 31 heavy (non-hydrogen) atoms. The fraction of sp³-hybridized carbons (Fsp3) is 1.00. The molecule has 6 aliphatic carbocycles. The van der Waals surface area contributed by atoms with E-state index in [1.165, 1.54) is 51.6 Å². The van der Waals surface area contributed by atoms with Gasteiger partial charge in [0.1, 0.15) is 0 Å². The van der Waals surface area contributed by atoms with Gasteiger partial charge in [-0.1, -0.05) is 42.5 Å². The molecule has 192 valence electrons. The summed E-state index contributed by atoms with van der Waals surface area (Å²) in [6.07, 6.45) is 8.89. The van der Waals surface area contributed by atoms with Gasteiger partial charge in [0.25, 0.3) is 0 Å². The summed E-state index contributed by atoms with van der Waals surface area (Å²) < 4.78 is 0. The van der Waals surface area contributed by atoms with Crippen LogP contribution in [0.2, 0.25) is 0 Å². The fourth-order valence-electron chi connectivity index (χ4n) is 7.32. The predicted octanol–water partition coefficient (Wildman–Crippen LogP) is 6.42. The smallest absolute Gasteiger partial charge is 0.0164 e. The topological polar surface area (TPSA) is 24.1 Å². The van der Waals surface area contributed by atoms with E-state index in [0.29, 0.717) is 16.9 Å². The van der Waals surface area contributed by atoms with Gasteiger partial charge in [0, 0.05) is 12.6 Å². The Kier molecular flexibility index (Phi) is 16.7. The molecule has 0 aliphatic heterocycles. The summed E-state index contributed by atoms with van der Waals surface area (Å²) in [6.45, 7) is 16.0. The van der Waals surface area contributed by atoms with Crippen LogP contribution in [0.1, 0.15) is 88.0 Å². The van der Waals surface area contributed by atoms with Crippen LogP contribution in [0.4, 0.5) is 0 Å². The Morgan fingerprint density at radius 1 is 0.710 bits per heavy atom. The third-order valence-corrected chi connectivity index (χ3v) is 9.59. The van der Waals surface area contributed by atoms with E-state index < -0.39 is 0 Å². The molecule has 7 atom stereocenters. The molecule has 6 aliphatic rings. The zero-order valence-electron chi connectivity index (χ0n) is 19.4. The lowest BCUT2D eigenvalue weighted by atomic mass is 9.45. The van der Waals surface area contributed by atoms with Gasteiger partial charge in [-0.15, -0.1) is 0 Å². The normalized spacial score (nSPS) is 35.9. The zero-order chi connectivity index (χ0) is 17.8. The molecule has 6 fully saturated rings. The van der Waals surface area contributed by atoms with Crippen LogP contribution in [-0.4, -0.2) is 25.7 Å². The van der Waals surface area contributed by atoms with Crippen molar-refractivity contribution in [2.45, 2.75) is 94.0 Å². The summed E-state index contributed by atoms with van der Waals surface area (Å²) in [5, 5.41) is 7.67. The van der Waals surface area contributed by atoms with Crippen LogP contribution >= 0.6 is 54.0 Å². The van der Waals surface area contributed by atoms with Gasteiger partial charge >= 0.3 is 0 Å². The molecule has 4 bridgehead atoms. The summed E-state index contributed by atoms with van der Waals surface area (Å²) >= 11 is 0. The Morgan fingerprint density at radius 3 is 1.52 bits per heavy atom. The highest BCUT2D eigenvalue weighted by Crippen LogP contribution is 2.62. The SMILES string of the molecule is C.C.CC(CNC[C@@H]1CCC2C[C@@H]1C2(C)C)NCC1CC[C@H]2CC1C2(C)C.S.S.S.S. The Bertz CT molecular complexity index is 496. The number of fused-ring (bicyclic) bond motifs is 4. The summed E-state index contributed by atoms with van der Waals surface area (Å²) in [7, 11) is 0. The Morgan fingerprint density at radius 2 is 1.13 bits per heavy atom. The van der Waals surface area contributed by atoms with Gasteiger partial charge in [0.05, 0.1) is 0 Å². The van der Waals surface area contributed by atoms with Crippen LogP contribution in [0.5, 0.6) is 0 Å². The minimum absolute atomic E-state index is 0. The van der Waals surface area contributed by atoms with Crippen molar-refractivity contribution in [1.29, 1.82) is 0 Å². The molecule has 6 heteroatoms. The highest BCUT2D eigenvalue weighted by Gasteiger charge is 2.54. The van der Waals surface area contributed by atoms with Crippen LogP contribution in [-0.2, 0) is 0 Å². The van der Waals surface area contributed by atoms with Crippen LogP contribution in [0, 0.1) is 46.3 Å². The first-order valence-corrected chi connectivity index (χ1v) is 11.2. The second kappa shape index (κ2) is 14.0. The van der Waals surface area contributed by atoms with E-state index in [2.05, 4.69) is 45.3 Å². The van der Waals surface area contributed by atoms with E-state index in [1.54, 1.807) is 0 Å².